The van der Waals surface area contributed by atoms with Crippen molar-refractivity contribution in [2.75, 3.05) is 6.54 Å². The summed E-state index contributed by atoms with van der Waals surface area (Å²) in [7, 11) is -3.75. The first-order valence-electron chi connectivity index (χ1n) is 15.8. The molecule has 4 aliphatic rings. The molecule has 6 rings (SSSR count). The fourth-order valence-corrected chi connectivity index (χ4v) is 8.22. The number of carbonyl (C=O) groups is 3. The van der Waals surface area contributed by atoms with E-state index in [0.29, 0.717) is 38.2 Å². The van der Waals surface area contributed by atoms with Gasteiger partial charge in [0.15, 0.2) is 5.78 Å². The Morgan fingerprint density at radius 1 is 1.14 bits per heavy atom. The Morgan fingerprint density at radius 3 is 2.70 bits per heavy atom. The van der Waals surface area contributed by atoms with Crippen molar-refractivity contribution in [3.05, 3.63) is 36.4 Å². The van der Waals surface area contributed by atoms with Gasteiger partial charge in [0, 0.05) is 25.3 Å². The van der Waals surface area contributed by atoms with Crippen LogP contribution in [0.25, 0.3) is 11.0 Å². The highest BCUT2D eigenvalue weighted by Gasteiger charge is 2.61. The van der Waals surface area contributed by atoms with Gasteiger partial charge in [-0.05, 0) is 63.5 Å². The largest absolute Gasteiger partial charge is 0.459 e. The quantitative estimate of drug-likeness (QED) is 0.487. The summed E-state index contributed by atoms with van der Waals surface area (Å²) in [5.41, 5.74) is 0.649. The Hall–Kier alpha value is -3.21. The van der Waals surface area contributed by atoms with Crippen molar-refractivity contribution in [2.24, 2.45) is 17.3 Å². The molecule has 1 saturated heterocycles. The normalized spacial score (nSPS) is 31.1. The summed E-state index contributed by atoms with van der Waals surface area (Å²) in [5.74, 6) is -1.36. The maximum atomic E-state index is 14.1. The molecule has 2 aliphatic heterocycles. The van der Waals surface area contributed by atoms with Crippen molar-refractivity contribution in [1.82, 2.24) is 19.2 Å². The molecule has 0 unspecified atom stereocenters. The van der Waals surface area contributed by atoms with Crippen LogP contribution in [0.5, 0.6) is 6.01 Å². The monoisotopic (exact) mass is 610 g/mol. The van der Waals surface area contributed by atoms with E-state index >= 15 is 0 Å². The van der Waals surface area contributed by atoms with Crippen LogP contribution in [0.4, 0.5) is 0 Å². The third-order valence-electron chi connectivity index (χ3n) is 9.70. The second-order valence-corrected chi connectivity index (χ2v) is 14.8. The van der Waals surface area contributed by atoms with Crippen molar-refractivity contribution in [2.45, 2.75) is 102 Å². The van der Waals surface area contributed by atoms with Crippen LogP contribution in [-0.2, 0) is 31.0 Å². The van der Waals surface area contributed by atoms with Gasteiger partial charge in [-0.15, -0.1) is 0 Å². The molecule has 11 heteroatoms. The van der Waals surface area contributed by atoms with Crippen LogP contribution >= 0.6 is 0 Å². The van der Waals surface area contributed by atoms with E-state index in [0.717, 1.165) is 43.1 Å². The number of Topliss-reactive ketones (excluding diaryl/α,β-unsaturated/α-hetero) is 1. The highest BCUT2D eigenvalue weighted by Crippen LogP contribution is 2.57. The van der Waals surface area contributed by atoms with Crippen LogP contribution < -0.4 is 9.46 Å². The zero-order chi connectivity index (χ0) is 30.4. The summed E-state index contributed by atoms with van der Waals surface area (Å²) in [6, 6.07) is 7.49. The van der Waals surface area contributed by atoms with Crippen molar-refractivity contribution in [1.29, 1.82) is 0 Å². The number of ketones is 1. The molecule has 2 amide bonds. The second kappa shape index (κ2) is 11.7. The van der Waals surface area contributed by atoms with E-state index < -0.39 is 38.7 Å². The average Bonchev–Trinajstić information content (AvgIpc) is 3.88. The lowest BCUT2D eigenvalue weighted by atomic mass is 9.91. The number of allylic oxidation sites excluding steroid dienone is 2. The summed E-state index contributed by atoms with van der Waals surface area (Å²) in [6.07, 6.45) is 9.74. The summed E-state index contributed by atoms with van der Waals surface area (Å²) in [5, 5.41) is -0.534. The maximum absolute atomic E-state index is 14.1. The number of carbonyl (C=O) groups excluding carboxylic acids is 3. The summed E-state index contributed by atoms with van der Waals surface area (Å²) in [4.78, 5) is 47.7. The Balaban J connectivity index is 1.27. The number of rotatable bonds is 6. The minimum atomic E-state index is -3.75. The minimum absolute atomic E-state index is 0.0800. The number of nitrogens with zero attached hydrogens (tertiary/aromatic N) is 3. The zero-order valence-corrected chi connectivity index (χ0v) is 25.9. The number of benzene rings is 1. The SMILES string of the molecule is CCn1c(O[C@@H]2C[C@H]3C(=O)C[C@]4(C(=O)NS(=O)(=O)C5CC5)C[C@H]4/C=C\CCCCC[C@H](C)C(=O)N3C2)nc2ccccc21. The molecular formula is C32H42N4O6S. The molecule has 0 spiro atoms. The fourth-order valence-electron chi connectivity index (χ4n) is 6.84. The van der Waals surface area contributed by atoms with Gasteiger partial charge < -0.3 is 9.64 Å². The van der Waals surface area contributed by atoms with Crippen molar-refractivity contribution < 1.29 is 27.5 Å². The minimum Gasteiger partial charge on any atom is -0.459 e. The van der Waals surface area contributed by atoms with Gasteiger partial charge in [0.25, 0.3) is 6.01 Å². The van der Waals surface area contributed by atoms with Gasteiger partial charge >= 0.3 is 0 Å². The number of sulfonamides is 1. The first-order chi connectivity index (χ1) is 20.6. The molecule has 10 nitrogen and oxygen atoms in total. The van der Waals surface area contributed by atoms with E-state index in [1.165, 1.54) is 0 Å². The highest BCUT2D eigenvalue weighted by molar-refractivity contribution is 7.90. The van der Waals surface area contributed by atoms with Crippen molar-refractivity contribution in [3.8, 4) is 6.01 Å². The summed E-state index contributed by atoms with van der Waals surface area (Å²) < 4.78 is 36.0. The standard InChI is InChI=1S/C32H42N4O6S/c1-3-35-26-14-10-9-13-25(26)33-31(35)42-23-17-27-28(37)19-32(30(39)34-43(40,41)24-15-16-24)18-22(32)12-8-6-4-5-7-11-21(2)29(38)36(27)20-23/h8-10,12-14,21-24,27H,3-7,11,15-20H2,1-2H3,(H,34,39)/b12-8-/t21-,22+,23+,27-,32+/m0/s1. The van der Waals surface area contributed by atoms with E-state index in [4.69, 9.17) is 4.74 Å². The molecule has 1 aromatic heterocycles. The van der Waals surface area contributed by atoms with Gasteiger partial charge in [-0.25, -0.2) is 8.42 Å². The Morgan fingerprint density at radius 2 is 1.93 bits per heavy atom. The number of hydrogen-bond acceptors (Lipinski definition) is 7. The third-order valence-corrected chi connectivity index (χ3v) is 11.5. The zero-order valence-electron chi connectivity index (χ0n) is 25.0. The number of aryl methyl sites for hydroxylation is 1. The van der Waals surface area contributed by atoms with Gasteiger partial charge in [0.05, 0.1) is 34.3 Å². The molecule has 232 valence electrons. The van der Waals surface area contributed by atoms with Crippen LogP contribution in [0.3, 0.4) is 0 Å². The number of imidazole rings is 1. The predicted octanol–water partition coefficient (Wildman–Crippen LogP) is 4.13. The predicted molar refractivity (Wildman–Crippen MR) is 162 cm³/mol. The van der Waals surface area contributed by atoms with Crippen molar-refractivity contribution >= 4 is 38.7 Å². The molecule has 3 heterocycles. The molecule has 43 heavy (non-hydrogen) atoms. The van der Waals surface area contributed by atoms with E-state index in [1.54, 1.807) is 4.90 Å². The first-order valence-corrected chi connectivity index (χ1v) is 17.4. The number of para-hydroxylation sites is 2. The van der Waals surface area contributed by atoms with Crippen LogP contribution in [0.2, 0.25) is 0 Å². The molecule has 1 N–H and O–H groups in total. The summed E-state index contributed by atoms with van der Waals surface area (Å²) in [6.45, 7) is 4.84. The number of fused-ring (bicyclic) bond motifs is 3. The lowest BCUT2D eigenvalue weighted by Gasteiger charge is -2.27. The number of aromatic nitrogens is 2. The van der Waals surface area contributed by atoms with E-state index in [-0.39, 0.29) is 36.5 Å². The van der Waals surface area contributed by atoms with E-state index in [2.05, 4.69) is 15.8 Å². The molecule has 1 aromatic carbocycles. The van der Waals surface area contributed by atoms with Gasteiger partial charge in [-0.2, -0.15) is 4.98 Å². The molecule has 2 aromatic rings. The number of ether oxygens (including phenoxy) is 1. The van der Waals surface area contributed by atoms with Crippen LogP contribution in [0.15, 0.2) is 36.4 Å². The molecule has 2 aliphatic carbocycles. The third kappa shape index (κ3) is 5.97. The van der Waals surface area contributed by atoms with Crippen LogP contribution in [-0.4, -0.2) is 64.4 Å². The topological polar surface area (TPSA) is 128 Å². The van der Waals surface area contributed by atoms with E-state index in [9.17, 15) is 22.8 Å². The van der Waals surface area contributed by atoms with Crippen molar-refractivity contribution in [3.63, 3.8) is 0 Å². The second-order valence-electron chi connectivity index (χ2n) is 12.9. The molecule has 5 atom stereocenters. The lowest BCUT2D eigenvalue weighted by molar-refractivity contribution is -0.141. The van der Waals surface area contributed by atoms with Gasteiger partial charge in [-0.1, -0.05) is 44.1 Å². The molecule has 3 fully saturated rings. The number of nitrogens with one attached hydrogen (secondary N) is 1. The summed E-state index contributed by atoms with van der Waals surface area (Å²) >= 11 is 0. The van der Waals surface area contributed by atoms with E-state index in [1.807, 2.05) is 48.8 Å². The van der Waals surface area contributed by atoms with Gasteiger partial charge in [0.1, 0.15) is 6.10 Å². The Kier molecular flexibility index (Phi) is 8.12. The Bertz CT molecular complexity index is 1550. The molecule has 2 saturated carbocycles. The van der Waals surface area contributed by atoms with Gasteiger partial charge in [0.2, 0.25) is 21.8 Å². The smallest absolute Gasteiger partial charge is 0.297 e. The lowest BCUT2D eigenvalue weighted by Crippen LogP contribution is -2.46. The first kappa shape index (κ1) is 29.8. The molecule has 0 radical (unpaired) electrons. The number of hydrogen-bond donors (Lipinski definition) is 1. The van der Waals surface area contributed by atoms with Gasteiger partial charge in [-0.3, -0.25) is 23.7 Å². The average molecular weight is 611 g/mol. The highest BCUT2D eigenvalue weighted by atomic mass is 32.2. The van der Waals surface area contributed by atoms with Crippen LogP contribution in [0, 0.1) is 17.3 Å². The fraction of sp³-hybridized carbons (Fsp3) is 0.625. The maximum Gasteiger partial charge on any atom is 0.297 e. The molecular weight excluding hydrogens is 568 g/mol. The molecule has 0 bridgehead atoms. The number of amides is 2. The van der Waals surface area contributed by atoms with Crippen LogP contribution in [0.1, 0.15) is 78.1 Å². The Labute approximate surface area is 253 Å².